The average molecular weight is 410 g/mol. The Morgan fingerprint density at radius 2 is 1.74 bits per heavy atom. The first-order valence-corrected chi connectivity index (χ1v) is 10.4. The molecule has 0 saturated heterocycles. The molecule has 0 radical (unpaired) electrons. The van der Waals surface area contributed by atoms with E-state index in [1.165, 1.54) is 17.0 Å². The lowest BCUT2D eigenvalue weighted by Gasteiger charge is -2.26. The smallest absolute Gasteiger partial charge is 0.338 e. The van der Waals surface area contributed by atoms with Crippen LogP contribution in [0.4, 0.5) is 5.69 Å². The molecule has 2 aromatic carbocycles. The number of carbonyl (C=O) groups excluding carboxylic acids is 2. The third kappa shape index (κ3) is 5.30. The van der Waals surface area contributed by atoms with E-state index in [-0.39, 0.29) is 27.4 Å². The fraction of sp³-hybridized carbons (Fsp3) is 0.263. The summed E-state index contributed by atoms with van der Waals surface area (Å²) >= 11 is 5.87. The molecule has 0 fully saturated rings. The number of rotatable bonds is 6. The summed E-state index contributed by atoms with van der Waals surface area (Å²) in [4.78, 5) is 26.1. The van der Waals surface area contributed by atoms with Crippen molar-refractivity contribution in [2.45, 2.75) is 24.8 Å². The first-order valence-electron chi connectivity index (χ1n) is 8.15. The molecule has 27 heavy (non-hydrogen) atoms. The van der Waals surface area contributed by atoms with Crippen LogP contribution in [0.2, 0.25) is 5.02 Å². The van der Waals surface area contributed by atoms with Gasteiger partial charge in [-0.2, -0.15) is 0 Å². The standard InChI is InChI=1S/C19H20ClNO5S/c1-13(2)21(15-7-5-4-6-8-15)18(22)12-26-19(23)14-9-10-16(20)17(11-14)27(3,24)25/h4-11,13H,12H2,1-3H3. The molecule has 2 aromatic rings. The average Bonchev–Trinajstić information content (AvgIpc) is 2.59. The Morgan fingerprint density at radius 1 is 1.11 bits per heavy atom. The third-order valence-corrected chi connectivity index (χ3v) is 5.29. The Balaban J connectivity index is 2.14. The van der Waals surface area contributed by atoms with Crippen molar-refractivity contribution in [3.8, 4) is 0 Å². The molecule has 0 aromatic heterocycles. The Bertz CT molecular complexity index is 942. The van der Waals surface area contributed by atoms with Crippen molar-refractivity contribution in [1.29, 1.82) is 0 Å². The molecule has 0 saturated carbocycles. The van der Waals surface area contributed by atoms with E-state index in [2.05, 4.69) is 0 Å². The van der Waals surface area contributed by atoms with Gasteiger partial charge in [-0.15, -0.1) is 0 Å². The fourth-order valence-corrected chi connectivity index (χ4v) is 3.81. The van der Waals surface area contributed by atoms with Crippen LogP contribution in [0.1, 0.15) is 24.2 Å². The molecule has 2 rings (SSSR count). The number of halogens is 1. The number of benzene rings is 2. The Labute approximate surface area is 163 Å². The van der Waals surface area contributed by atoms with E-state index < -0.39 is 22.4 Å². The lowest BCUT2D eigenvalue weighted by Crippen LogP contribution is -2.39. The van der Waals surface area contributed by atoms with Gasteiger partial charge in [0.05, 0.1) is 15.5 Å². The molecule has 6 nitrogen and oxygen atoms in total. The maximum absolute atomic E-state index is 12.5. The zero-order valence-corrected chi connectivity index (χ0v) is 16.8. The lowest BCUT2D eigenvalue weighted by atomic mass is 10.2. The zero-order valence-electron chi connectivity index (χ0n) is 15.2. The van der Waals surface area contributed by atoms with Crippen LogP contribution in [-0.4, -0.2) is 39.2 Å². The van der Waals surface area contributed by atoms with E-state index in [9.17, 15) is 18.0 Å². The van der Waals surface area contributed by atoms with Gasteiger partial charge in [-0.05, 0) is 44.2 Å². The van der Waals surface area contributed by atoms with E-state index in [0.29, 0.717) is 5.69 Å². The monoisotopic (exact) mass is 409 g/mol. The molecule has 0 spiro atoms. The predicted molar refractivity (Wildman–Crippen MR) is 104 cm³/mol. The summed E-state index contributed by atoms with van der Waals surface area (Å²) in [5, 5.41) is 0.0141. The first-order chi connectivity index (χ1) is 12.6. The van der Waals surface area contributed by atoms with Crippen molar-refractivity contribution in [3.05, 3.63) is 59.1 Å². The summed E-state index contributed by atoms with van der Waals surface area (Å²) in [5.74, 6) is -1.19. The van der Waals surface area contributed by atoms with Gasteiger partial charge < -0.3 is 9.64 Å². The van der Waals surface area contributed by atoms with Gasteiger partial charge in [0.15, 0.2) is 16.4 Å². The number of anilines is 1. The minimum Gasteiger partial charge on any atom is -0.452 e. The van der Waals surface area contributed by atoms with E-state index in [0.717, 1.165) is 12.3 Å². The summed E-state index contributed by atoms with van der Waals surface area (Å²) in [6.07, 6.45) is 0.993. The molecular weight excluding hydrogens is 390 g/mol. The molecule has 144 valence electrons. The second-order valence-electron chi connectivity index (χ2n) is 6.19. The summed E-state index contributed by atoms with van der Waals surface area (Å²) in [5.41, 5.74) is 0.697. The minimum atomic E-state index is -3.60. The molecular formula is C19H20ClNO5S. The van der Waals surface area contributed by atoms with Gasteiger partial charge in [-0.3, -0.25) is 4.79 Å². The van der Waals surface area contributed by atoms with Crippen LogP contribution in [0, 0.1) is 0 Å². The summed E-state index contributed by atoms with van der Waals surface area (Å²) in [7, 11) is -3.60. The molecule has 8 heteroatoms. The number of sulfone groups is 1. The lowest BCUT2D eigenvalue weighted by molar-refractivity contribution is -0.122. The number of nitrogens with zero attached hydrogens (tertiary/aromatic N) is 1. The van der Waals surface area contributed by atoms with E-state index in [4.69, 9.17) is 16.3 Å². The van der Waals surface area contributed by atoms with Gasteiger partial charge in [0.1, 0.15) is 0 Å². The highest BCUT2D eigenvalue weighted by Gasteiger charge is 2.22. The second kappa shape index (κ2) is 8.54. The van der Waals surface area contributed by atoms with Crippen molar-refractivity contribution in [2.24, 2.45) is 0 Å². The van der Waals surface area contributed by atoms with Crippen LogP contribution < -0.4 is 4.90 Å². The number of hydrogen-bond donors (Lipinski definition) is 0. The zero-order chi connectivity index (χ0) is 20.2. The van der Waals surface area contributed by atoms with Gasteiger partial charge >= 0.3 is 5.97 Å². The summed E-state index contributed by atoms with van der Waals surface area (Å²) in [6, 6.07) is 12.7. The van der Waals surface area contributed by atoms with Crippen molar-refractivity contribution in [3.63, 3.8) is 0 Å². The highest BCUT2D eigenvalue weighted by atomic mass is 35.5. The summed E-state index contributed by atoms with van der Waals surface area (Å²) in [6.45, 7) is 3.23. The number of amides is 1. The molecule has 0 aliphatic carbocycles. The molecule has 0 unspecified atom stereocenters. The van der Waals surface area contributed by atoms with E-state index >= 15 is 0 Å². The topological polar surface area (TPSA) is 80.8 Å². The quantitative estimate of drug-likeness (QED) is 0.683. The minimum absolute atomic E-state index is 0.00318. The maximum Gasteiger partial charge on any atom is 0.338 e. The van der Waals surface area contributed by atoms with Crippen molar-refractivity contribution in [2.75, 3.05) is 17.8 Å². The third-order valence-electron chi connectivity index (χ3n) is 3.71. The second-order valence-corrected chi connectivity index (χ2v) is 8.58. The number of para-hydroxylation sites is 1. The van der Waals surface area contributed by atoms with Gasteiger partial charge in [-0.25, -0.2) is 13.2 Å². The first kappa shape index (κ1) is 20.9. The molecule has 1 amide bonds. The van der Waals surface area contributed by atoms with Crippen LogP contribution in [0.15, 0.2) is 53.4 Å². The normalized spacial score (nSPS) is 11.3. The van der Waals surface area contributed by atoms with Crippen LogP contribution in [0.5, 0.6) is 0 Å². The van der Waals surface area contributed by atoms with Crippen molar-refractivity contribution in [1.82, 2.24) is 0 Å². The van der Waals surface area contributed by atoms with Crippen LogP contribution >= 0.6 is 11.6 Å². The van der Waals surface area contributed by atoms with Crippen molar-refractivity contribution < 1.29 is 22.7 Å². The molecule has 0 atom stereocenters. The number of ether oxygens (including phenoxy) is 1. The molecule has 0 heterocycles. The van der Waals surface area contributed by atoms with E-state index in [1.54, 1.807) is 12.1 Å². The Kier molecular flexibility index (Phi) is 6.62. The highest BCUT2D eigenvalue weighted by Crippen LogP contribution is 2.23. The van der Waals surface area contributed by atoms with Gasteiger partial charge in [-0.1, -0.05) is 29.8 Å². The van der Waals surface area contributed by atoms with Crippen LogP contribution in [0.3, 0.4) is 0 Å². The van der Waals surface area contributed by atoms with Crippen molar-refractivity contribution >= 4 is 39.0 Å². The summed E-state index contributed by atoms with van der Waals surface area (Å²) < 4.78 is 28.5. The number of carbonyl (C=O) groups is 2. The van der Waals surface area contributed by atoms with E-state index in [1.807, 2.05) is 32.0 Å². The number of hydrogen-bond acceptors (Lipinski definition) is 5. The Hall–Kier alpha value is -2.38. The molecule has 0 N–H and O–H groups in total. The largest absolute Gasteiger partial charge is 0.452 e. The van der Waals surface area contributed by atoms with Crippen LogP contribution in [0.25, 0.3) is 0 Å². The number of esters is 1. The van der Waals surface area contributed by atoms with Gasteiger partial charge in [0.2, 0.25) is 0 Å². The van der Waals surface area contributed by atoms with Gasteiger partial charge in [0, 0.05) is 18.0 Å². The molecule has 0 aliphatic heterocycles. The van der Waals surface area contributed by atoms with Crippen LogP contribution in [-0.2, 0) is 19.4 Å². The maximum atomic E-state index is 12.5. The fourth-order valence-electron chi connectivity index (χ4n) is 2.51. The molecule has 0 bridgehead atoms. The highest BCUT2D eigenvalue weighted by molar-refractivity contribution is 7.90. The Morgan fingerprint density at radius 3 is 2.30 bits per heavy atom. The van der Waals surface area contributed by atoms with Gasteiger partial charge in [0.25, 0.3) is 5.91 Å². The SMILES string of the molecule is CC(C)N(C(=O)COC(=O)c1ccc(Cl)c(S(C)(=O)=O)c1)c1ccccc1. The molecule has 0 aliphatic rings. The predicted octanol–water partition coefficient (Wildman–Crippen LogP) is 3.34.